The van der Waals surface area contributed by atoms with Gasteiger partial charge in [-0.05, 0) is 43.7 Å². The lowest BCUT2D eigenvalue weighted by Gasteiger charge is -2.24. The predicted molar refractivity (Wildman–Crippen MR) is 116 cm³/mol. The van der Waals surface area contributed by atoms with Gasteiger partial charge in [-0.2, -0.15) is 13.2 Å². The molecule has 1 saturated heterocycles. The minimum absolute atomic E-state index is 0.0115. The van der Waals surface area contributed by atoms with Crippen LogP contribution in [-0.2, 0) is 10.0 Å². The van der Waals surface area contributed by atoms with Crippen molar-refractivity contribution in [1.29, 1.82) is 0 Å². The summed E-state index contributed by atoms with van der Waals surface area (Å²) in [5.74, 6) is -0.390. The van der Waals surface area contributed by atoms with Gasteiger partial charge >= 0.3 is 6.18 Å². The van der Waals surface area contributed by atoms with E-state index in [2.05, 4.69) is 0 Å². The van der Waals surface area contributed by atoms with Crippen molar-refractivity contribution in [2.75, 3.05) is 43.6 Å². The molecular weight excluding hydrogens is 443 g/mol. The van der Waals surface area contributed by atoms with Crippen LogP contribution in [0.1, 0.15) is 23.7 Å². The fourth-order valence-corrected chi connectivity index (χ4v) is 5.29. The van der Waals surface area contributed by atoms with Crippen molar-refractivity contribution in [3.63, 3.8) is 0 Å². The lowest BCUT2D eigenvalue weighted by Crippen LogP contribution is -2.38. The van der Waals surface area contributed by atoms with E-state index < -0.39 is 28.7 Å². The van der Waals surface area contributed by atoms with Gasteiger partial charge in [0.15, 0.2) is 0 Å². The Kier molecular flexibility index (Phi) is 7.45. The molecule has 1 heterocycles. The zero-order valence-electron chi connectivity index (χ0n) is 17.8. The Labute approximate surface area is 186 Å². The summed E-state index contributed by atoms with van der Waals surface area (Å²) < 4.78 is 65.8. The van der Waals surface area contributed by atoms with Gasteiger partial charge in [0.25, 0.3) is 15.9 Å². The average Bonchev–Trinajstić information content (AvgIpc) is 2.98. The summed E-state index contributed by atoms with van der Waals surface area (Å²) in [5.41, 5.74) is 0.712. The van der Waals surface area contributed by atoms with Crippen LogP contribution in [0.3, 0.4) is 0 Å². The molecule has 3 rings (SSSR count). The van der Waals surface area contributed by atoms with Crippen LogP contribution in [0.2, 0.25) is 0 Å². The SMILES string of the molecule is CCN(c1ccccc1)S(=O)(=O)c1cccc(C(=O)N2CCCN(CC(F)(F)F)CC2)c1. The normalized spacial score (nSPS) is 15.9. The van der Waals surface area contributed by atoms with Crippen LogP contribution in [0.4, 0.5) is 18.9 Å². The number of anilines is 1. The summed E-state index contributed by atoms with van der Waals surface area (Å²) in [6, 6.07) is 14.5. The summed E-state index contributed by atoms with van der Waals surface area (Å²) in [6.45, 7) is 1.76. The van der Waals surface area contributed by atoms with E-state index in [9.17, 15) is 26.4 Å². The molecule has 6 nitrogen and oxygen atoms in total. The number of carbonyl (C=O) groups excluding carboxylic acids is 1. The van der Waals surface area contributed by atoms with Crippen molar-refractivity contribution in [1.82, 2.24) is 9.80 Å². The quantitative estimate of drug-likeness (QED) is 0.649. The van der Waals surface area contributed by atoms with Gasteiger partial charge in [0.05, 0.1) is 17.1 Å². The van der Waals surface area contributed by atoms with E-state index in [-0.39, 0.29) is 36.6 Å². The number of benzene rings is 2. The standard InChI is InChI=1S/C22H26F3N3O3S/c1-2-28(19-9-4-3-5-10-19)32(30,31)20-11-6-8-18(16-20)21(29)27-13-7-12-26(14-15-27)17-22(23,24)25/h3-6,8-11,16H,2,7,12-15,17H2,1H3. The fraction of sp³-hybridized carbons (Fsp3) is 0.409. The summed E-state index contributed by atoms with van der Waals surface area (Å²) >= 11 is 0. The highest BCUT2D eigenvalue weighted by Crippen LogP contribution is 2.24. The highest BCUT2D eigenvalue weighted by Gasteiger charge is 2.32. The van der Waals surface area contributed by atoms with Gasteiger partial charge in [-0.1, -0.05) is 24.3 Å². The molecule has 0 spiro atoms. The molecule has 0 N–H and O–H groups in total. The van der Waals surface area contributed by atoms with E-state index in [1.165, 1.54) is 38.4 Å². The smallest absolute Gasteiger partial charge is 0.337 e. The first-order valence-corrected chi connectivity index (χ1v) is 11.8. The minimum atomic E-state index is -4.29. The molecule has 32 heavy (non-hydrogen) atoms. The van der Waals surface area contributed by atoms with E-state index in [1.54, 1.807) is 37.3 Å². The zero-order valence-corrected chi connectivity index (χ0v) is 18.6. The Hall–Kier alpha value is -2.59. The van der Waals surface area contributed by atoms with Gasteiger partial charge in [-0.15, -0.1) is 0 Å². The Morgan fingerprint density at radius 1 is 1.00 bits per heavy atom. The molecule has 0 saturated carbocycles. The summed E-state index contributed by atoms with van der Waals surface area (Å²) in [4.78, 5) is 15.8. The molecule has 0 unspecified atom stereocenters. The third-order valence-electron chi connectivity index (χ3n) is 5.28. The Morgan fingerprint density at radius 3 is 2.38 bits per heavy atom. The molecular formula is C22H26F3N3O3S. The lowest BCUT2D eigenvalue weighted by atomic mass is 10.2. The number of hydrogen-bond acceptors (Lipinski definition) is 4. The van der Waals surface area contributed by atoms with Gasteiger partial charge in [-0.25, -0.2) is 8.42 Å². The molecule has 0 radical (unpaired) electrons. The van der Waals surface area contributed by atoms with Crippen LogP contribution in [0, 0.1) is 0 Å². The number of halogens is 3. The third kappa shape index (κ3) is 5.80. The lowest BCUT2D eigenvalue weighted by molar-refractivity contribution is -0.145. The Morgan fingerprint density at radius 2 is 1.72 bits per heavy atom. The van der Waals surface area contributed by atoms with Crippen LogP contribution < -0.4 is 4.31 Å². The van der Waals surface area contributed by atoms with E-state index in [1.807, 2.05) is 0 Å². The van der Waals surface area contributed by atoms with Crippen LogP contribution >= 0.6 is 0 Å². The van der Waals surface area contributed by atoms with Crippen molar-refractivity contribution >= 4 is 21.6 Å². The van der Waals surface area contributed by atoms with E-state index in [0.29, 0.717) is 18.7 Å². The topological polar surface area (TPSA) is 60.9 Å². The predicted octanol–water partition coefficient (Wildman–Crippen LogP) is 3.61. The van der Waals surface area contributed by atoms with Gasteiger partial charge in [0.1, 0.15) is 0 Å². The number of rotatable bonds is 6. The summed E-state index contributed by atoms with van der Waals surface area (Å²) in [5, 5.41) is 0. The molecule has 1 amide bonds. The second-order valence-corrected chi connectivity index (χ2v) is 9.43. The maximum absolute atomic E-state index is 13.2. The van der Waals surface area contributed by atoms with Crippen molar-refractivity contribution in [2.45, 2.75) is 24.4 Å². The highest BCUT2D eigenvalue weighted by molar-refractivity contribution is 7.92. The van der Waals surface area contributed by atoms with Gasteiger partial charge in [0, 0.05) is 38.3 Å². The van der Waals surface area contributed by atoms with Gasteiger partial charge in [-0.3, -0.25) is 14.0 Å². The number of para-hydroxylation sites is 1. The first-order valence-electron chi connectivity index (χ1n) is 10.4. The molecule has 0 aliphatic carbocycles. The Bertz CT molecular complexity index is 1030. The third-order valence-corrected chi connectivity index (χ3v) is 7.18. The average molecular weight is 470 g/mol. The monoisotopic (exact) mass is 469 g/mol. The second-order valence-electron chi connectivity index (χ2n) is 7.57. The summed E-state index contributed by atoms with van der Waals surface area (Å²) in [7, 11) is -3.90. The van der Waals surface area contributed by atoms with Gasteiger partial charge < -0.3 is 4.90 Å². The minimum Gasteiger partial charge on any atom is -0.337 e. The van der Waals surface area contributed by atoms with Gasteiger partial charge in [0.2, 0.25) is 0 Å². The number of carbonyl (C=O) groups is 1. The molecule has 10 heteroatoms. The molecule has 0 bridgehead atoms. The van der Waals surface area contributed by atoms with Crippen molar-refractivity contribution in [3.05, 3.63) is 60.2 Å². The number of alkyl halides is 3. The number of sulfonamides is 1. The maximum atomic E-state index is 13.2. The largest absolute Gasteiger partial charge is 0.401 e. The Balaban J connectivity index is 1.79. The van der Waals surface area contributed by atoms with Crippen LogP contribution in [-0.4, -0.2) is 69.6 Å². The molecule has 0 atom stereocenters. The van der Waals surface area contributed by atoms with Crippen LogP contribution in [0.15, 0.2) is 59.5 Å². The highest BCUT2D eigenvalue weighted by atomic mass is 32.2. The van der Waals surface area contributed by atoms with E-state index in [4.69, 9.17) is 0 Å². The molecule has 0 aromatic heterocycles. The molecule has 1 fully saturated rings. The van der Waals surface area contributed by atoms with Crippen molar-refractivity contribution in [2.24, 2.45) is 0 Å². The molecule has 174 valence electrons. The molecule has 1 aliphatic heterocycles. The number of amides is 1. The van der Waals surface area contributed by atoms with Crippen molar-refractivity contribution in [3.8, 4) is 0 Å². The fourth-order valence-electron chi connectivity index (χ4n) is 3.77. The van der Waals surface area contributed by atoms with Crippen LogP contribution in [0.25, 0.3) is 0 Å². The van der Waals surface area contributed by atoms with Crippen LogP contribution in [0.5, 0.6) is 0 Å². The number of hydrogen-bond donors (Lipinski definition) is 0. The zero-order chi connectivity index (χ0) is 23.4. The van der Waals surface area contributed by atoms with E-state index in [0.717, 1.165) is 0 Å². The van der Waals surface area contributed by atoms with E-state index >= 15 is 0 Å². The maximum Gasteiger partial charge on any atom is 0.401 e. The first kappa shape index (κ1) is 24.1. The molecule has 2 aromatic rings. The molecule has 2 aromatic carbocycles. The van der Waals surface area contributed by atoms with Crippen molar-refractivity contribution < 1.29 is 26.4 Å². The summed E-state index contributed by atoms with van der Waals surface area (Å²) in [6.07, 6.45) is -3.87. The molecule has 1 aliphatic rings. The second kappa shape index (κ2) is 9.91. The number of nitrogens with zero attached hydrogens (tertiary/aromatic N) is 3. The first-order chi connectivity index (χ1) is 15.1.